The highest BCUT2D eigenvalue weighted by molar-refractivity contribution is 7.14. The Morgan fingerprint density at radius 2 is 1.54 bits per heavy atom. The molecule has 0 spiro atoms. The molecule has 2 heterocycles. The van der Waals surface area contributed by atoms with E-state index in [1.165, 1.54) is 37.0 Å². The lowest BCUT2D eigenvalue weighted by atomic mass is 9.95. The van der Waals surface area contributed by atoms with E-state index in [-0.39, 0.29) is 24.3 Å². The highest BCUT2D eigenvalue weighted by atomic mass is 32.1. The van der Waals surface area contributed by atoms with Gasteiger partial charge in [0.25, 0.3) is 5.91 Å². The number of nitrogens with one attached hydrogen (secondary N) is 2. The molecule has 2 aromatic heterocycles. The standard InChI is InChI=1S/C40H48N4O5S/c1-5-6-7-8-9-22-49-31-16-14-28(15-17-31)30-24-41-35(42-25-30)29-12-10-27(11-13-29)23-32(36(45)43-26-40(20-21-40)38(47)48)44-37(46)33-18-19-34(50-33)39(2,3)4/h10-19,24-25,32H,5-9,20-23,26H2,1-4H3,(H,43,45)(H,44,46)(H,47,48)/t32-/m0/s1. The summed E-state index contributed by atoms with van der Waals surface area (Å²) < 4.78 is 5.89. The van der Waals surface area contributed by atoms with Gasteiger partial charge in [0.1, 0.15) is 11.8 Å². The van der Waals surface area contributed by atoms with E-state index in [0.29, 0.717) is 23.5 Å². The normalized spacial score (nSPS) is 14.1. The summed E-state index contributed by atoms with van der Waals surface area (Å²) in [6.07, 6.45) is 10.9. The van der Waals surface area contributed by atoms with Crippen LogP contribution in [0, 0.1) is 5.41 Å². The number of nitrogens with zero attached hydrogens (tertiary/aromatic N) is 2. The average molecular weight is 697 g/mol. The second kappa shape index (κ2) is 16.4. The first-order valence-electron chi connectivity index (χ1n) is 17.5. The molecule has 0 aliphatic heterocycles. The van der Waals surface area contributed by atoms with Crippen LogP contribution >= 0.6 is 11.3 Å². The van der Waals surface area contributed by atoms with Crippen LogP contribution in [0.4, 0.5) is 0 Å². The lowest BCUT2D eigenvalue weighted by Crippen LogP contribution is -2.49. The molecule has 0 bridgehead atoms. The molecule has 4 aromatic rings. The summed E-state index contributed by atoms with van der Waals surface area (Å²) in [6, 6.07) is 18.4. The monoisotopic (exact) mass is 696 g/mol. The predicted molar refractivity (Wildman–Crippen MR) is 197 cm³/mol. The van der Waals surface area contributed by atoms with Crippen LogP contribution in [0.3, 0.4) is 0 Å². The molecule has 1 aliphatic rings. The first-order chi connectivity index (χ1) is 24.0. The van der Waals surface area contributed by atoms with Gasteiger partial charge in [-0.05, 0) is 60.1 Å². The summed E-state index contributed by atoms with van der Waals surface area (Å²) in [5, 5.41) is 15.3. The third-order valence-electron chi connectivity index (χ3n) is 9.11. The van der Waals surface area contributed by atoms with Gasteiger partial charge in [-0.25, -0.2) is 9.97 Å². The van der Waals surface area contributed by atoms with E-state index >= 15 is 0 Å². The van der Waals surface area contributed by atoms with Crippen LogP contribution in [-0.4, -0.2) is 52.1 Å². The van der Waals surface area contributed by atoms with Crippen molar-refractivity contribution in [2.75, 3.05) is 13.2 Å². The van der Waals surface area contributed by atoms with Crippen LogP contribution in [0.2, 0.25) is 0 Å². The second-order valence-corrected chi connectivity index (χ2v) is 15.3. The Morgan fingerprint density at radius 3 is 2.14 bits per heavy atom. The topological polar surface area (TPSA) is 131 Å². The van der Waals surface area contributed by atoms with Crippen LogP contribution in [0.5, 0.6) is 5.75 Å². The predicted octanol–water partition coefficient (Wildman–Crippen LogP) is 7.84. The van der Waals surface area contributed by atoms with Gasteiger partial charge in [-0.2, -0.15) is 0 Å². The van der Waals surface area contributed by atoms with Gasteiger partial charge in [0.05, 0.1) is 16.9 Å². The van der Waals surface area contributed by atoms with Crippen molar-refractivity contribution in [3.63, 3.8) is 0 Å². The second-order valence-electron chi connectivity index (χ2n) is 14.2. The lowest BCUT2D eigenvalue weighted by Gasteiger charge is -2.20. The molecule has 1 aliphatic carbocycles. The first-order valence-corrected chi connectivity index (χ1v) is 18.4. The van der Waals surface area contributed by atoms with Gasteiger partial charge in [-0.3, -0.25) is 14.4 Å². The number of aliphatic carboxylic acids is 1. The summed E-state index contributed by atoms with van der Waals surface area (Å²) in [7, 11) is 0. The fourth-order valence-electron chi connectivity index (χ4n) is 5.59. The van der Waals surface area contributed by atoms with Gasteiger partial charge >= 0.3 is 5.97 Å². The van der Waals surface area contributed by atoms with E-state index in [9.17, 15) is 19.5 Å². The largest absolute Gasteiger partial charge is 0.494 e. The Hall–Kier alpha value is -4.57. The minimum Gasteiger partial charge on any atom is -0.494 e. The molecule has 5 rings (SSSR count). The van der Waals surface area contributed by atoms with Gasteiger partial charge in [-0.1, -0.05) is 89.8 Å². The van der Waals surface area contributed by atoms with E-state index in [4.69, 9.17) is 4.74 Å². The number of rotatable bonds is 17. The quantitative estimate of drug-likeness (QED) is 0.0959. The molecule has 2 aromatic carbocycles. The average Bonchev–Trinajstić information content (AvgIpc) is 3.74. The van der Waals surface area contributed by atoms with Crippen molar-refractivity contribution in [3.8, 4) is 28.3 Å². The summed E-state index contributed by atoms with van der Waals surface area (Å²) in [5.41, 5.74) is 2.53. The molecule has 50 heavy (non-hydrogen) atoms. The van der Waals surface area contributed by atoms with E-state index in [1.54, 1.807) is 18.5 Å². The first kappa shape index (κ1) is 36.7. The maximum absolute atomic E-state index is 13.4. The number of unbranched alkanes of at least 4 members (excludes halogenated alkanes) is 4. The zero-order valence-corrected chi connectivity index (χ0v) is 30.3. The fourth-order valence-corrected chi connectivity index (χ4v) is 6.56. The van der Waals surface area contributed by atoms with Gasteiger partial charge in [0, 0.05) is 41.4 Å². The molecule has 10 heteroatoms. The highest BCUT2D eigenvalue weighted by Crippen LogP contribution is 2.45. The molecule has 1 saturated carbocycles. The summed E-state index contributed by atoms with van der Waals surface area (Å²) in [6.45, 7) is 9.23. The number of amides is 2. The number of aromatic nitrogens is 2. The number of hydrogen-bond donors (Lipinski definition) is 3. The van der Waals surface area contributed by atoms with Crippen LogP contribution in [0.1, 0.15) is 92.8 Å². The van der Waals surface area contributed by atoms with Crippen molar-refractivity contribution in [1.82, 2.24) is 20.6 Å². The van der Waals surface area contributed by atoms with Crippen molar-refractivity contribution in [1.29, 1.82) is 0 Å². The van der Waals surface area contributed by atoms with Crippen molar-refractivity contribution in [3.05, 3.63) is 88.4 Å². The molecule has 0 unspecified atom stereocenters. The Morgan fingerprint density at radius 1 is 0.880 bits per heavy atom. The molecule has 3 N–H and O–H groups in total. The van der Waals surface area contributed by atoms with E-state index in [2.05, 4.69) is 48.3 Å². The molecular formula is C40H48N4O5S. The van der Waals surface area contributed by atoms with Crippen molar-refractivity contribution >= 4 is 29.1 Å². The Labute approximate surface area is 298 Å². The number of carboxylic acids is 1. The Bertz CT molecular complexity index is 1740. The summed E-state index contributed by atoms with van der Waals surface area (Å²) in [5.74, 6) is -0.237. The molecule has 0 saturated heterocycles. The number of hydrogen-bond acceptors (Lipinski definition) is 7. The van der Waals surface area contributed by atoms with Crippen molar-refractivity contribution in [2.45, 2.75) is 90.5 Å². The number of benzene rings is 2. The lowest BCUT2D eigenvalue weighted by molar-refractivity contribution is -0.143. The number of carboxylic acid groups (broad SMARTS) is 1. The maximum Gasteiger partial charge on any atom is 0.311 e. The Kier molecular flexibility index (Phi) is 12.1. The molecule has 264 valence electrons. The van der Waals surface area contributed by atoms with E-state index in [1.807, 2.05) is 54.6 Å². The minimum absolute atomic E-state index is 0.0318. The zero-order chi connectivity index (χ0) is 35.7. The van der Waals surface area contributed by atoms with Gasteiger partial charge < -0.3 is 20.5 Å². The third kappa shape index (κ3) is 9.78. The maximum atomic E-state index is 13.4. The number of carbonyl (C=O) groups excluding carboxylic acids is 2. The molecule has 2 amide bonds. The van der Waals surface area contributed by atoms with E-state index in [0.717, 1.165) is 45.9 Å². The zero-order valence-electron chi connectivity index (χ0n) is 29.5. The van der Waals surface area contributed by atoms with Crippen LogP contribution in [0.15, 0.2) is 73.1 Å². The number of carbonyl (C=O) groups is 3. The molecular weight excluding hydrogens is 649 g/mol. The highest BCUT2D eigenvalue weighted by Gasteiger charge is 2.50. The Balaban J connectivity index is 1.21. The van der Waals surface area contributed by atoms with Crippen LogP contribution < -0.4 is 15.4 Å². The number of thiophene rings is 1. The molecule has 1 fully saturated rings. The molecule has 9 nitrogen and oxygen atoms in total. The smallest absolute Gasteiger partial charge is 0.311 e. The van der Waals surface area contributed by atoms with Gasteiger partial charge in [0.15, 0.2) is 5.82 Å². The molecule has 0 radical (unpaired) electrons. The number of ether oxygens (including phenoxy) is 1. The van der Waals surface area contributed by atoms with E-state index < -0.39 is 23.3 Å². The fraction of sp³-hybridized carbons (Fsp3) is 0.425. The minimum atomic E-state index is -0.915. The van der Waals surface area contributed by atoms with Crippen LogP contribution in [0.25, 0.3) is 22.5 Å². The SMILES string of the molecule is CCCCCCCOc1ccc(-c2cnc(-c3ccc(C[C@H](NC(=O)c4ccc(C(C)(C)C)s4)C(=O)NCC4(C(=O)O)CC4)cc3)nc2)cc1. The summed E-state index contributed by atoms with van der Waals surface area (Å²) >= 11 is 1.40. The summed E-state index contributed by atoms with van der Waals surface area (Å²) in [4.78, 5) is 49.1. The van der Waals surface area contributed by atoms with Crippen molar-refractivity contribution < 1.29 is 24.2 Å². The van der Waals surface area contributed by atoms with Crippen molar-refractivity contribution in [2.24, 2.45) is 5.41 Å². The van der Waals surface area contributed by atoms with Crippen LogP contribution in [-0.2, 0) is 21.4 Å². The van der Waals surface area contributed by atoms with Gasteiger partial charge in [-0.15, -0.1) is 11.3 Å². The molecule has 1 atom stereocenters. The van der Waals surface area contributed by atoms with Gasteiger partial charge in [0.2, 0.25) is 5.91 Å². The third-order valence-corrected chi connectivity index (χ3v) is 10.6.